The summed E-state index contributed by atoms with van der Waals surface area (Å²) in [7, 11) is 0. The van der Waals surface area contributed by atoms with Crippen molar-refractivity contribution in [2.45, 2.75) is 6.10 Å². The number of rotatable bonds is 2. The van der Waals surface area contributed by atoms with Gasteiger partial charge in [-0.05, 0) is 46.8 Å². The first-order chi connectivity index (χ1) is 9.56. The molecule has 1 atom stereocenters. The number of nitrogens with one attached hydrogen (secondary N) is 1. The summed E-state index contributed by atoms with van der Waals surface area (Å²) in [6.07, 6.45) is 0.525. The van der Waals surface area contributed by atoms with E-state index in [-0.39, 0.29) is 5.56 Å². The van der Waals surface area contributed by atoms with Crippen LogP contribution in [-0.2, 0) is 0 Å². The SMILES string of the molecule is OC(c1cc(F)c(F)c(F)c1)c1ccc2[nH]ccc2c1. The second-order valence-corrected chi connectivity index (χ2v) is 4.53. The average molecular weight is 277 g/mol. The summed E-state index contributed by atoms with van der Waals surface area (Å²) in [5.41, 5.74) is 1.33. The number of aromatic amines is 1. The van der Waals surface area contributed by atoms with Crippen LogP contribution in [0, 0.1) is 17.5 Å². The van der Waals surface area contributed by atoms with Gasteiger partial charge in [0.1, 0.15) is 6.10 Å². The number of benzene rings is 2. The molecule has 3 rings (SSSR count). The van der Waals surface area contributed by atoms with E-state index in [4.69, 9.17) is 0 Å². The normalized spacial score (nSPS) is 12.8. The fraction of sp³-hybridized carbons (Fsp3) is 0.0667. The van der Waals surface area contributed by atoms with Crippen molar-refractivity contribution in [3.8, 4) is 0 Å². The van der Waals surface area contributed by atoms with Crippen molar-refractivity contribution in [2.24, 2.45) is 0 Å². The van der Waals surface area contributed by atoms with Crippen molar-refractivity contribution in [1.29, 1.82) is 0 Å². The number of aromatic nitrogens is 1. The summed E-state index contributed by atoms with van der Waals surface area (Å²) in [5.74, 6) is -4.18. The molecule has 0 fully saturated rings. The van der Waals surface area contributed by atoms with E-state index in [0.29, 0.717) is 5.56 Å². The summed E-state index contributed by atoms with van der Waals surface area (Å²) in [5, 5.41) is 11.0. The molecule has 2 N–H and O–H groups in total. The van der Waals surface area contributed by atoms with E-state index in [1.165, 1.54) is 0 Å². The molecule has 0 aliphatic carbocycles. The fourth-order valence-electron chi connectivity index (χ4n) is 2.17. The third kappa shape index (κ3) is 2.06. The predicted molar refractivity (Wildman–Crippen MR) is 68.7 cm³/mol. The van der Waals surface area contributed by atoms with E-state index in [2.05, 4.69) is 4.98 Å². The van der Waals surface area contributed by atoms with Gasteiger partial charge >= 0.3 is 0 Å². The average Bonchev–Trinajstić information content (AvgIpc) is 2.90. The maximum Gasteiger partial charge on any atom is 0.194 e. The van der Waals surface area contributed by atoms with Gasteiger partial charge < -0.3 is 10.1 Å². The van der Waals surface area contributed by atoms with Crippen LogP contribution in [0.5, 0.6) is 0 Å². The molecule has 0 aliphatic heterocycles. The van der Waals surface area contributed by atoms with Crippen molar-refractivity contribution >= 4 is 10.9 Å². The van der Waals surface area contributed by atoms with Crippen molar-refractivity contribution in [3.05, 3.63) is 71.2 Å². The Bertz CT molecular complexity index is 759. The van der Waals surface area contributed by atoms with Gasteiger partial charge in [0.2, 0.25) is 0 Å². The molecule has 2 aromatic carbocycles. The molecule has 102 valence electrons. The maximum absolute atomic E-state index is 13.2. The highest BCUT2D eigenvalue weighted by Gasteiger charge is 2.17. The van der Waals surface area contributed by atoms with Crippen LogP contribution in [-0.4, -0.2) is 10.1 Å². The summed E-state index contributed by atoms with van der Waals surface area (Å²) >= 11 is 0. The molecule has 1 heterocycles. The highest BCUT2D eigenvalue weighted by atomic mass is 19.2. The third-order valence-electron chi connectivity index (χ3n) is 3.21. The number of hydrogen-bond acceptors (Lipinski definition) is 1. The Morgan fingerprint density at radius 1 is 0.900 bits per heavy atom. The van der Waals surface area contributed by atoms with Crippen molar-refractivity contribution in [2.75, 3.05) is 0 Å². The predicted octanol–water partition coefficient (Wildman–Crippen LogP) is 3.67. The lowest BCUT2D eigenvalue weighted by Crippen LogP contribution is -2.03. The first-order valence-corrected chi connectivity index (χ1v) is 5.96. The van der Waals surface area contributed by atoms with Crippen LogP contribution in [0.15, 0.2) is 42.6 Å². The van der Waals surface area contributed by atoms with Gasteiger partial charge in [-0.3, -0.25) is 0 Å². The number of H-pyrrole nitrogens is 1. The highest BCUT2D eigenvalue weighted by Crippen LogP contribution is 2.27. The van der Waals surface area contributed by atoms with E-state index in [0.717, 1.165) is 23.0 Å². The van der Waals surface area contributed by atoms with Crippen LogP contribution < -0.4 is 0 Å². The molecule has 0 bridgehead atoms. The van der Waals surface area contributed by atoms with Crippen LogP contribution in [0.2, 0.25) is 0 Å². The van der Waals surface area contributed by atoms with Crippen molar-refractivity contribution in [3.63, 3.8) is 0 Å². The maximum atomic E-state index is 13.2. The topological polar surface area (TPSA) is 36.0 Å². The van der Waals surface area contributed by atoms with Gasteiger partial charge in [-0.15, -0.1) is 0 Å². The van der Waals surface area contributed by atoms with Crippen LogP contribution in [0.25, 0.3) is 10.9 Å². The number of halogens is 3. The lowest BCUT2D eigenvalue weighted by Gasteiger charge is -2.12. The molecule has 0 amide bonds. The second-order valence-electron chi connectivity index (χ2n) is 4.53. The van der Waals surface area contributed by atoms with Crippen LogP contribution in [0.3, 0.4) is 0 Å². The number of aliphatic hydroxyl groups is 1. The molecule has 0 spiro atoms. The van der Waals surface area contributed by atoms with Crippen molar-refractivity contribution in [1.82, 2.24) is 4.98 Å². The zero-order valence-electron chi connectivity index (χ0n) is 10.2. The fourth-order valence-corrected chi connectivity index (χ4v) is 2.17. The standard InChI is InChI=1S/C15H10F3NO/c16-11-6-10(7-12(17)14(11)18)15(20)9-1-2-13-8(5-9)3-4-19-13/h1-7,15,19-20H. The number of aliphatic hydroxyl groups excluding tert-OH is 1. The third-order valence-corrected chi connectivity index (χ3v) is 3.21. The Kier molecular flexibility index (Phi) is 2.99. The Balaban J connectivity index is 2.05. The molecule has 0 saturated heterocycles. The van der Waals surface area contributed by atoms with Gasteiger partial charge in [-0.1, -0.05) is 6.07 Å². The molecule has 20 heavy (non-hydrogen) atoms. The Morgan fingerprint density at radius 2 is 1.60 bits per heavy atom. The molecular formula is C15H10F3NO. The molecule has 1 aromatic heterocycles. The Hall–Kier alpha value is -2.27. The number of fused-ring (bicyclic) bond motifs is 1. The zero-order chi connectivity index (χ0) is 14.3. The molecule has 0 radical (unpaired) electrons. The van der Waals surface area contributed by atoms with Gasteiger partial charge in [-0.25, -0.2) is 13.2 Å². The van der Waals surface area contributed by atoms with Crippen LogP contribution in [0.4, 0.5) is 13.2 Å². The molecule has 1 unspecified atom stereocenters. The van der Waals surface area contributed by atoms with Gasteiger partial charge in [0.15, 0.2) is 17.5 Å². The van der Waals surface area contributed by atoms with E-state index in [1.807, 2.05) is 6.07 Å². The summed E-state index contributed by atoms with van der Waals surface area (Å²) in [4.78, 5) is 3.00. The van der Waals surface area contributed by atoms with Crippen LogP contribution >= 0.6 is 0 Å². The minimum Gasteiger partial charge on any atom is -0.384 e. The summed E-state index contributed by atoms with van der Waals surface area (Å²) < 4.78 is 39.3. The van der Waals surface area contributed by atoms with Crippen molar-refractivity contribution < 1.29 is 18.3 Å². The second kappa shape index (κ2) is 4.68. The first-order valence-electron chi connectivity index (χ1n) is 5.96. The molecule has 0 aliphatic rings. The molecule has 0 saturated carbocycles. The zero-order valence-corrected chi connectivity index (χ0v) is 10.2. The number of hydrogen-bond donors (Lipinski definition) is 2. The summed E-state index contributed by atoms with van der Waals surface area (Å²) in [6.45, 7) is 0. The smallest absolute Gasteiger partial charge is 0.194 e. The van der Waals surface area contributed by atoms with E-state index in [1.54, 1.807) is 24.4 Å². The van der Waals surface area contributed by atoms with Gasteiger partial charge in [0.05, 0.1) is 0 Å². The lowest BCUT2D eigenvalue weighted by molar-refractivity contribution is 0.219. The largest absolute Gasteiger partial charge is 0.384 e. The minimum absolute atomic E-state index is 0.0312. The minimum atomic E-state index is -1.54. The van der Waals surface area contributed by atoms with Gasteiger partial charge in [-0.2, -0.15) is 0 Å². The molecule has 2 nitrogen and oxygen atoms in total. The summed E-state index contributed by atoms with van der Waals surface area (Å²) in [6, 6.07) is 8.51. The van der Waals surface area contributed by atoms with E-state index < -0.39 is 23.6 Å². The first kappa shape index (κ1) is 12.7. The molecule has 3 aromatic rings. The van der Waals surface area contributed by atoms with Gasteiger partial charge in [0, 0.05) is 11.7 Å². The lowest BCUT2D eigenvalue weighted by atomic mass is 10.00. The van der Waals surface area contributed by atoms with Gasteiger partial charge in [0.25, 0.3) is 0 Å². The quantitative estimate of drug-likeness (QED) is 0.689. The molecule has 5 heteroatoms. The monoisotopic (exact) mass is 277 g/mol. The van der Waals surface area contributed by atoms with E-state index in [9.17, 15) is 18.3 Å². The Labute approximate surface area is 112 Å². The molecular weight excluding hydrogens is 267 g/mol. The Morgan fingerprint density at radius 3 is 2.30 bits per heavy atom. The van der Waals surface area contributed by atoms with E-state index >= 15 is 0 Å². The van der Waals surface area contributed by atoms with Crippen LogP contribution in [0.1, 0.15) is 17.2 Å². The highest BCUT2D eigenvalue weighted by molar-refractivity contribution is 5.80.